The molecule has 1 aliphatic heterocycles. The molecule has 88 valence electrons. The molecule has 2 heterocycles. The Hall–Kier alpha value is -1.40. The molecular formula is C10H16N4O2. The summed E-state index contributed by atoms with van der Waals surface area (Å²) < 4.78 is 5.58. The quantitative estimate of drug-likeness (QED) is 0.723. The summed E-state index contributed by atoms with van der Waals surface area (Å²) in [5, 5.41) is 0. The van der Waals surface area contributed by atoms with Gasteiger partial charge in [0.1, 0.15) is 17.7 Å². The van der Waals surface area contributed by atoms with Gasteiger partial charge in [-0.05, 0) is 6.54 Å². The van der Waals surface area contributed by atoms with Gasteiger partial charge in [0.05, 0.1) is 6.61 Å². The molecule has 2 rings (SSSR count). The zero-order valence-corrected chi connectivity index (χ0v) is 9.27. The first-order chi connectivity index (χ1) is 7.69. The summed E-state index contributed by atoms with van der Waals surface area (Å²) in [6.45, 7) is 5.36. The lowest BCUT2D eigenvalue weighted by Gasteiger charge is -2.31. The van der Waals surface area contributed by atoms with Gasteiger partial charge in [-0.3, -0.25) is 9.69 Å². The average Bonchev–Trinajstić information content (AvgIpc) is 2.28. The van der Waals surface area contributed by atoms with Crippen molar-refractivity contribution in [2.75, 3.05) is 32.0 Å². The van der Waals surface area contributed by atoms with Gasteiger partial charge in [0, 0.05) is 19.2 Å². The number of nitrogens with one attached hydrogen (secondary N) is 1. The number of anilines is 1. The number of H-pyrrole nitrogens is 1. The molecule has 0 aliphatic carbocycles. The van der Waals surface area contributed by atoms with Crippen LogP contribution in [0.25, 0.3) is 0 Å². The van der Waals surface area contributed by atoms with Crippen LogP contribution in [0.5, 0.6) is 0 Å². The van der Waals surface area contributed by atoms with Crippen molar-refractivity contribution >= 4 is 5.82 Å². The number of hydrogen-bond acceptors (Lipinski definition) is 5. The highest BCUT2D eigenvalue weighted by Gasteiger charge is 2.22. The normalized spacial score (nSPS) is 22.2. The summed E-state index contributed by atoms with van der Waals surface area (Å²) in [6, 6.07) is 1.27. The van der Waals surface area contributed by atoms with E-state index in [1.807, 2.05) is 0 Å². The highest BCUT2D eigenvalue weighted by atomic mass is 16.5. The molecule has 3 N–H and O–H groups in total. The van der Waals surface area contributed by atoms with Gasteiger partial charge in [0.15, 0.2) is 0 Å². The fourth-order valence-electron chi connectivity index (χ4n) is 1.80. The monoisotopic (exact) mass is 224 g/mol. The standard InChI is InChI=1S/C10H16N4O2/c1-2-14-3-4-16-7(6-14)10-12-8(11)5-9(15)13-10/h5,7H,2-4,6H2,1H3,(H3,11,12,13,15). The largest absolute Gasteiger partial charge is 0.383 e. The third-order valence-corrected chi connectivity index (χ3v) is 2.68. The van der Waals surface area contributed by atoms with Crippen molar-refractivity contribution in [1.29, 1.82) is 0 Å². The Morgan fingerprint density at radius 1 is 1.75 bits per heavy atom. The number of rotatable bonds is 2. The molecule has 0 saturated carbocycles. The molecule has 6 nitrogen and oxygen atoms in total. The van der Waals surface area contributed by atoms with Gasteiger partial charge in [0.2, 0.25) is 0 Å². The summed E-state index contributed by atoms with van der Waals surface area (Å²) in [7, 11) is 0. The molecule has 1 saturated heterocycles. The van der Waals surface area contributed by atoms with Crippen LogP contribution in [0.3, 0.4) is 0 Å². The van der Waals surface area contributed by atoms with Crippen molar-refractivity contribution in [3.63, 3.8) is 0 Å². The molecule has 1 aromatic heterocycles. The van der Waals surface area contributed by atoms with Crippen LogP contribution in [0.1, 0.15) is 18.9 Å². The van der Waals surface area contributed by atoms with Gasteiger partial charge in [0.25, 0.3) is 5.56 Å². The van der Waals surface area contributed by atoms with Crippen LogP contribution in [-0.4, -0.2) is 41.1 Å². The van der Waals surface area contributed by atoms with Gasteiger partial charge < -0.3 is 15.5 Å². The van der Waals surface area contributed by atoms with E-state index in [9.17, 15) is 4.79 Å². The lowest BCUT2D eigenvalue weighted by Crippen LogP contribution is -2.39. The van der Waals surface area contributed by atoms with Crippen molar-refractivity contribution in [2.45, 2.75) is 13.0 Å². The zero-order valence-electron chi connectivity index (χ0n) is 9.27. The van der Waals surface area contributed by atoms with Gasteiger partial charge >= 0.3 is 0 Å². The number of nitrogens with zero attached hydrogens (tertiary/aromatic N) is 2. The van der Waals surface area contributed by atoms with Crippen molar-refractivity contribution in [3.8, 4) is 0 Å². The lowest BCUT2D eigenvalue weighted by atomic mass is 10.2. The zero-order chi connectivity index (χ0) is 11.5. The maximum atomic E-state index is 11.3. The van der Waals surface area contributed by atoms with E-state index in [4.69, 9.17) is 10.5 Å². The second-order valence-corrected chi connectivity index (χ2v) is 3.81. The second kappa shape index (κ2) is 4.63. The predicted octanol–water partition coefficient (Wildman–Crippen LogP) is -0.255. The van der Waals surface area contributed by atoms with E-state index in [0.29, 0.717) is 12.4 Å². The van der Waals surface area contributed by atoms with Crippen molar-refractivity contribution in [1.82, 2.24) is 14.9 Å². The van der Waals surface area contributed by atoms with Crippen LogP contribution in [0.4, 0.5) is 5.82 Å². The molecule has 0 bridgehead atoms. The van der Waals surface area contributed by atoms with Gasteiger partial charge in [-0.25, -0.2) is 4.98 Å². The highest BCUT2D eigenvalue weighted by Crippen LogP contribution is 2.18. The minimum Gasteiger partial charge on any atom is -0.383 e. The van der Waals surface area contributed by atoms with E-state index in [-0.39, 0.29) is 17.5 Å². The summed E-state index contributed by atoms with van der Waals surface area (Å²) in [5.41, 5.74) is 5.30. The molecule has 1 atom stereocenters. The van der Waals surface area contributed by atoms with Gasteiger partial charge in [-0.1, -0.05) is 6.92 Å². The Morgan fingerprint density at radius 2 is 2.56 bits per heavy atom. The lowest BCUT2D eigenvalue weighted by molar-refractivity contribution is -0.0326. The number of nitrogens with two attached hydrogens (primary N) is 1. The number of aromatic amines is 1. The Labute approximate surface area is 93.4 Å². The number of hydrogen-bond donors (Lipinski definition) is 2. The highest BCUT2D eigenvalue weighted by molar-refractivity contribution is 5.25. The van der Waals surface area contributed by atoms with Crippen LogP contribution < -0.4 is 11.3 Å². The fourth-order valence-corrected chi connectivity index (χ4v) is 1.80. The maximum Gasteiger partial charge on any atom is 0.253 e. The topological polar surface area (TPSA) is 84.2 Å². The molecule has 0 spiro atoms. The number of nitrogen functional groups attached to an aromatic ring is 1. The van der Waals surface area contributed by atoms with E-state index in [1.54, 1.807) is 0 Å². The SMILES string of the molecule is CCN1CCOC(c2nc(N)cc(=O)[nH]2)C1. The molecule has 0 radical (unpaired) electrons. The second-order valence-electron chi connectivity index (χ2n) is 3.81. The maximum absolute atomic E-state index is 11.3. The smallest absolute Gasteiger partial charge is 0.253 e. The summed E-state index contributed by atoms with van der Waals surface area (Å²) in [4.78, 5) is 20.3. The summed E-state index contributed by atoms with van der Waals surface area (Å²) in [6.07, 6.45) is -0.190. The number of ether oxygens (including phenoxy) is 1. The van der Waals surface area contributed by atoms with Crippen LogP contribution in [0.15, 0.2) is 10.9 Å². The molecule has 1 fully saturated rings. The number of morpholine rings is 1. The van der Waals surface area contributed by atoms with E-state index >= 15 is 0 Å². The number of aromatic nitrogens is 2. The third-order valence-electron chi connectivity index (χ3n) is 2.68. The summed E-state index contributed by atoms with van der Waals surface area (Å²) in [5.74, 6) is 0.749. The first-order valence-electron chi connectivity index (χ1n) is 5.39. The Balaban J connectivity index is 2.19. The van der Waals surface area contributed by atoms with E-state index in [0.717, 1.165) is 19.6 Å². The van der Waals surface area contributed by atoms with E-state index < -0.39 is 0 Å². The third kappa shape index (κ3) is 2.40. The van der Waals surface area contributed by atoms with Crippen molar-refractivity contribution in [2.24, 2.45) is 0 Å². The van der Waals surface area contributed by atoms with Crippen LogP contribution in [0, 0.1) is 0 Å². The van der Waals surface area contributed by atoms with Crippen LogP contribution in [0.2, 0.25) is 0 Å². The molecular weight excluding hydrogens is 208 g/mol. The van der Waals surface area contributed by atoms with Crippen LogP contribution >= 0.6 is 0 Å². The van der Waals surface area contributed by atoms with E-state index in [1.165, 1.54) is 6.07 Å². The minimum atomic E-state index is -0.236. The Morgan fingerprint density at radius 3 is 3.25 bits per heavy atom. The minimum absolute atomic E-state index is 0.190. The first-order valence-corrected chi connectivity index (χ1v) is 5.39. The fraction of sp³-hybridized carbons (Fsp3) is 0.600. The Bertz CT molecular complexity index is 418. The predicted molar refractivity (Wildman–Crippen MR) is 60.1 cm³/mol. The first kappa shape index (κ1) is 11.1. The van der Waals surface area contributed by atoms with Crippen molar-refractivity contribution < 1.29 is 4.74 Å². The molecule has 0 aromatic carbocycles. The summed E-state index contributed by atoms with van der Waals surface area (Å²) >= 11 is 0. The average molecular weight is 224 g/mol. The van der Waals surface area contributed by atoms with Gasteiger partial charge in [-0.2, -0.15) is 0 Å². The number of likely N-dealkylation sites (N-methyl/N-ethyl adjacent to an activating group) is 1. The van der Waals surface area contributed by atoms with E-state index in [2.05, 4.69) is 21.8 Å². The van der Waals surface area contributed by atoms with Crippen molar-refractivity contribution in [3.05, 3.63) is 22.2 Å². The molecule has 0 amide bonds. The van der Waals surface area contributed by atoms with Crippen LogP contribution in [-0.2, 0) is 4.74 Å². The molecule has 6 heteroatoms. The van der Waals surface area contributed by atoms with Gasteiger partial charge in [-0.15, -0.1) is 0 Å². The molecule has 16 heavy (non-hydrogen) atoms. The molecule has 1 aromatic rings. The Kier molecular flexibility index (Phi) is 3.21. The molecule has 1 unspecified atom stereocenters. The molecule has 1 aliphatic rings.